The van der Waals surface area contributed by atoms with Gasteiger partial charge in [0.25, 0.3) is 13.4 Å². The number of fused-ring (bicyclic) bond motifs is 8. The van der Waals surface area contributed by atoms with Crippen molar-refractivity contribution in [3.8, 4) is 101 Å². The lowest BCUT2D eigenvalue weighted by Gasteiger charge is -2.46. The van der Waals surface area contributed by atoms with Crippen LogP contribution in [0, 0.1) is 83.1 Å². The van der Waals surface area contributed by atoms with E-state index in [1.54, 1.807) is 0 Å². The summed E-state index contributed by atoms with van der Waals surface area (Å²) >= 11 is 0. The Morgan fingerprint density at radius 1 is 0.230 bits per heavy atom. The number of aryl methyl sites for hydroxylation is 12. The third-order valence-corrected chi connectivity index (χ3v) is 26.9. The molecule has 17 aromatic rings. The van der Waals surface area contributed by atoms with Gasteiger partial charge in [-0.3, -0.25) is 0 Å². The number of hydrogen-bond acceptors (Lipinski definition) is 5. The summed E-state index contributed by atoms with van der Waals surface area (Å²) in [5.74, 6) is 1.62. The molecule has 0 saturated heterocycles. The maximum atomic E-state index is 8.22. The molecule has 4 heterocycles. The molecule has 0 aliphatic carbocycles. The fourth-order valence-corrected chi connectivity index (χ4v) is 21.4. The average molecular weight is 1570 g/mol. The van der Waals surface area contributed by atoms with E-state index in [0.29, 0.717) is 0 Å². The van der Waals surface area contributed by atoms with E-state index in [9.17, 15) is 0 Å². The van der Waals surface area contributed by atoms with Gasteiger partial charge in [0.1, 0.15) is 11.5 Å². The van der Waals surface area contributed by atoms with Crippen molar-refractivity contribution in [1.29, 1.82) is 0 Å². The maximum absolute atomic E-state index is 8.22. The Kier molecular flexibility index (Phi) is 18.3. The van der Waals surface area contributed by atoms with Gasteiger partial charge in [-0.25, -0.2) is 0 Å². The van der Waals surface area contributed by atoms with Crippen LogP contribution < -0.4 is 57.1 Å². The molecule has 7 heteroatoms. The van der Waals surface area contributed by atoms with Gasteiger partial charge in [-0.1, -0.05) is 255 Å². The van der Waals surface area contributed by atoms with Crippen LogP contribution in [0.1, 0.15) is 66.8 Å². The van der Waals surface area contributed by atoms with Crippen LogP contribution >= 0.6 is 0 Å². The van der Waals surface area contributed by atoms with E-state index >= 15 is 0 Å². The first kappa shape index (κ1) is 75.3. The highest BCUT2D eigenvalue weighted by Crippen LogP contribution is 2.54. The minimum Gasteiger partial charge on any atom is -0.458 e. The number of para-hydroxylation sites is 1. The van der Waals surface area contributed by atoms with Crippen LogP contribution in [0.5, 0.6) is 11.5 Å². The van der Waals surface area contributed by atoms with Crippen molar-refractivity contribution in [2.75, 3.05) is 26.6 Å². The Bertz CT molecular complexity index is 6870. The van der Waals surface area contributed by atoms with Crippen LogP contribution in [0.2, 0.25) is 0 Å². The van der Waals surface area contributed by atoms with Crippen molar-refractivity contribution in [2.24, 2.45) is 0 Å². The molecule has 21 rings (SSSR count). The third kappa shape index (κ3) is 12.3. The molecule has 586 valence electrons. The molecule has 0 N–H and O–H groups in total. The van der Waals surface area contributed by atoms with Gasteiger partial charge in [0.05, 0.1) is 11.4 Å². The van der Waals surface area contributed by atoms with Gasteiger partial charge >= 0.3 is 0 Å². The summed E-state index contributed by atoms with van der Waals surface area (Å²) < 4.78 is 8.22. The van der Waals surface area contributed by atoms with E-state index in [-0.39, 0.29) is 13.4 Å². The molecular formula is C115H94B2N4O. The molecule has 5 nitrogen and oxygen atoms in total. The summed E-state index contributed by atoms with van der Waals surface area (Å²) in [6, 6.07) is 127. The van der Waals surface area contributed by atoms with Crippen LogP contribution in [0.25, 0.3) is 89.0 Å². The Labute approximate surface area is 719 Å². The summed E-state index contributed by atoms with van der Waals surface area (Å²) in [6.07, 6.45) is 0. The molecule has 17 aromatic carbocycles. The van der Waals surface area contributed by atoms with Crippen LogP contribution in [0.3, 0.4) is 0 Å². The minimum absolute atomic E-state index is 0.298. The molecule has 0 aromatic heterocycles. The summed E-state index contributed by atoms with van der Waals surface area (Å²) in [5, 5.41) is 0. The van der Waals surface area contributed by atoms with E-state index in [1.807, 2.05) is 0 Å². The quantitative estimate of drug-likeness (QED) is 0.107. The molecule has 0 saturated carbocycles. The molecule has 0 spiro atoms. The first-order valence-electron chi connectivity index (χ1n) is 43.0. The Hall–Kier alpha value is -14.1. The zero-order valence-corrected chi connectivity index (χ0v) is 71.6. The molecule has 4 aliphatic heterocycles. The van der Waals surface area contributed by atoms with Gasteiger partial charge in [0.15, 0.2) is 0 Å². The maximum Gasteiger partial charge on any atom is 0.256 e. The SMILES string of the molecule is Cc1cccc(C)c1-c1ccc(N(c2ccc(-c3c(C)cccc3C)cc2)c2cc3c4c(c2)N(C)c2ccc(-c5c(C)cccc5C)cc2B4c2cc4c(cc2O3)N(c2c(-c3ccccc3)cccc2-c2ccccc2)c2cc(-c3c(C)cccc3C)cc3c2B4c2cc(-c4c(C)cccc4C)ccc2N3c2ccc(-c3c(C)cccc3C)cc2)cc1. The van der Waals surface area contributed by atoms with E-state index in [4.69, 9.17) is 4.74 Å². The average Bonchev–Trinajstić information content (AvgIpc) is 0.671. The normalized spacial score (nSPS) is 12.6. The molecule has 122 heavy (non-hydrogen) atoms. The van der Waals surface area contributed by atoms with Crippen LogP contribution in [-0.4, -0.2) is 20.5 Å². The highest BCUT2D eigenvalue weighted by Gasteiger charge is 2.49. The second-order valence-corrected chi connectivity index (χ2v) is 34.5. The first-order chi connectivity index (χ1) is 59.4. The lowest BCUT2D eigenvalue weighted by atomic mass is 9.30. The van der Waals surface area contributed by atoms with Crippen molar-refractivity contribution in [3.63, 3.8) is 0 Å². The lowest BCUT2D eigenvalue weighted by Crippen LogP contribution is -2.64. The Balaban J connectivity index is 0.873. The second-order valence-electron chi connectivity index (χ2n) is 34.5. The zero-order valence-electron chi connectivity index (χ0n) is 71.6. The highest BCUT2D eigenvalue weighted by molar-refractivity contribution is 7.02. The van der Waals surface area contributed by atoms with Crippen molar-refractivity contribution >= 4 is 109 Å². The number of benzene rings is 17. The van der Waals surface area contributed by atoms with Crippen LogP contribution in [0.4, 0.5) is 62.6 Å². The predicted octanol–water partition coefficient (Wildman–Crippen LogP) is 27.0. The topological polar surface area (TPSA) is 22.2 Å². The largest absolute Gasteiger partial charge is 0.458 e. The van der Waals surface area contributed by atoms with Gasteiger partial charge < -0.3 is 24.3 Å². The number of anilines is 11. The Morgan fingerprint density at radius 3 is 1.03 bits per heavy atom. The van der Waals surface area contributed by atoms with Gasteiger partial charge in [-0.15, -0.1) is 0 Å². The minimum atomic E-state index is -0.317. The van der Waals surface area contributed by atoms with E-state index in [2.05, 4.69) is 443 Å². The van der Waals surface area contributed by atoms with Crippen LogP contribution in [0.15, 0.2) is 334 Å². The second kappa shape index (κ2) is 29.7. The predicted molar refractivity (Wildman–Crippen MR) is 521 cm³/mol. The van der Waals surface area contributed by atoms with Gasteiger partial charge in [0, 0.05) is 81.5 Å². The van der Waals surface area contributed by atoms with Crippen molar-refractivity contribution in [1.82, 2.24) is 0 Å². The summed E-state index contributed by atoms with van der Waals surface area (Å²) in [7, 11) is 2.27. The molecular weight excluding hydrogens is 1470 g/mol. The number of hydrogen-bond donors (Lipinski definition) is 0. The molecule has 0 unspecified atom stereocenters. The molecule has 0 radical (unpaired) electrons. The fourth-order valence-electron chi connectivity index (χ4n) is 21.4. The van der Waals surface area contributed by atoms with Crippen molar-refractivity contribution in [2.45, 2.75) is 83.1 Å². The molecule has 0 bridgehead atoms. The molecule has 4 aliphatic rings. The standard InChI is InChI=1S/C115H94B2N4O/c1-69-27-20-28-70(2)107(69)83-45-53-89(54-46-83)119(90-55-47-84(48-56-90)108-71(3)29-21-30-72(108)4)92-65-102-114-106(66-92)122-105-68-101-97(67-98(105)117(114)95-61-86(51-59-99(95)118(102)13)110-75(7)33-23-34-76(110)8)116-96-62-87(111-77(9)35-24-36-78(111)10)52-60-100(96)120(91-57-49-85(50-58-91)109-73(5)31-22-32-74(109)6)103-63-88(112-79(11)37-25-38-80(112)12)64-104(113(103)116)121(101)115-93(81-39-16-14-17-40-81)43-26-44-94(115)82-41-18-15-19-42-82/h14-68H,1-13H3. The summed E-state index contributed by atoms with van der Waals surface area (Å²) in [5.41, 5.74) is 53.0. The molecule has 0 amide bonds. The Morgan fingerprint density at radius 2 is 0.590 bits per heavy atom. The molecule has 0 fully saturated rings. The lowest BCUT2D eigenvalue weighted by molar-refractivity contribution is 0.488. The van der Waals surface area contributed by atoms with Crippen molar-refractivity contribution < 1.29 is 4.74 Å². The van der Waals surface area contributed by atoms with E-state index in [0.717, 1.165) is 113 Å². The van der Waals surface area contributed by atoms with Gasteiger partial charge in [-0.05, 0) is 327 Å². The zero-order chi connectivity index (χ0) is 83.2. The molecule has 0 atom stereocenters. The fraction of sp³-hybridized carbons (Fsp3) is 0.113. The monoisotopic (exact) mass is 1570 g/mol. The van der Waals surface area contributed by atoms with Crippen molar-refractivity contribution in [3.05, 3.63) is 400 Å². The van der Waals surface area contributed by atoms with E-state index < -0.39 is 0 Å². The van der Waals surface area contributed by atoms with Gasteiger partial charge in [0.2, 0.25) is 0 Å². The van der Waals surface area contributed by atoms with E-state index in [1.165, 1.54) is 150 Å². The first-order valence-corrected chi connectivity index (χ1v) is 43.0. The van der Waals surface area contributed by atoms with Crippen LogP contribution in [-0.2, 0) is 0 Å². The smallest absolute Gasteiger partial charge is 0.256 e. The number of rotatable bonds is 13. The summed E-state index contributed by atoms with van der Waals surface area (Å²) in [6.45, 7) is 26.4. The summed E-state index contributed by atoms with van der Waals surface area (Å²) in [4.78, 5) is 10.2. The number of nitrogens with zero attached hydrogens (tertiary/aromatic N) is 4. The number of ether oxygens (including phenoxy) is 1. The third-order valence-electron chi connectivity index (χ3n) is 26.9. The van der Waals surface area contributed by atoms with Gasteiger partial charge in [-0.2, -0.15) is 0 Å². The highest BCUT2D eigenvalue weighted by atomic mass is 16.5.